The molecule has 1 saturated heterocycles. The van der Waals surface area contributed by atoms with Crippen LogP contribution in [0.2, 0.25) is 0 Å². The maximum Gasteiger partial charge on any atom is 0.329 e. The van der Waals surface area contributed by atoms with Gasteiger partial charge in [-0.05, 0) is 67.7 Å². The van der Waals surface area contributed by atoms with Crippen LogP contribution in [0, 0.1) is 5.82 Å². The van der Waals surface area contributed by atoms with Gasteiger partial charge in [-0.15, -0.1) is 0 Å². The number of para-hydroxylation sites is 1. The number of hydrogen-bond donors (Lipinski definition) is 2. The fourth-order valence-electron chi connectivity index (χ4n) is 4.46. The molecule has 4 rings (SSSR count). The third kappa shape index (κ3) is 4.33. The van der Waals surface area contributed by atoms with Crippen molar-refractivity contribution in [3.05, 3.63) is 65.1 Å². The summed E-state index contributed by atoms with van der Waals surface area (Å²) in [6.07, 6.45) is 2.61. The molecule has 33 heavy (non-hydrogen) atoms. The summed E-state index contributed by atoms with van der Waals surface area (Å²) in [5.74, 6) is -1.53. The normalized spacial score (nSPS) is 20.6. The number of rotatable bonds is 4. The van der Waals surface area contributed by atoms with E-state index in [1.165, 1.54) is 23.8 Å². The van der Waals surface area contributed by atoms with Gasteiger partial charge in [-0.3, -0.25) is 9.59 Å². The Bertz CT molecular complexity index is 1170. The van der Waals surface area contributed by atoms with E-state index in [2.05, 4.69) is 43.4 Å². The smallest absolute Gasteiger partial charge is 0.329 e. The zero-order valence-corrected chi connectivity index (χ0v) is 19.1. The highest BCUT2D eigenvalue weighted by atomic mass is 19.1. The third-order valence-corrected chi connectivity index (χ3v) is 6.38. The van der Waals surface area contributed by atoms with Crippen molar-refractivity contribution in [2.24, 2.45) is 0 Å². The van der Waals surface area contributed by atoms with Gasteiger partial charge < -0.3 is 15.5 Å². The summed E-state index contributed by atoms with van der Waals surface area (Å²) in [7, 11) is 2.08. The number of amides is 4. The van der Waals surface area contributed by atoms with E-state index in [0.717, 1.165) is 22.6 Å². The number of anilines is 2. The first-order valence-electron chi connectivity index (χ1n) is 10.8. The lowest BCUT2D eigenvalue weighted by Gasteiger charge is -2.45. The summed E-state index contributed by atoms with van der Waals surface area (Å²) >= 11 is 0. The van der Waals surface area contributed by atoms with Crippen LogP contribution in [-0.4, -0.2) is 41.9 Å². The first-order valence-corrected chi connectivity index (χ1v) is 10.8. The Balaban J connectivity index is 1.51. The molecule has 0 bridgehead atoms. The summed E-state index contributed by atoms with van der Waals surface area (Å²) in [6.45, 7) is 6.10. The van der Waals surface area contributed by atoms with Crippen LogP contribution in [-0.2, 0) is 9.59 Å². The minimum atomic E-state index is -0.692. The van der Waals surface area contributed by atoms with Crippen molar-refractivity contribution >= 4 is 35.3 Å². The van der Waals surface area contributed by atoms with Crippen LogP contribution in [0.3, 0.4) is 0 Å². The van der Waals surface area contributed by atoms with E-state index in [1.54, 1.807) is 12.1 Å². The first kappa shape index (κ1) is 22.5. The average molecular weight is 451 g/mol. The second kappa shape index (κ2) is 8.35. The number of carbonyl (C=O) groups is 3. The molecule has 0 spiro atoms. The number of nitrogens with one attached hydrogen (secondary N) is 2. The Morgan fingerprint density at radius 2 is 1.97 bits per heavy atom. The lowest BCUT2D eigenvalue weighted by molar-refractivity contribution is -0.127. The summed E-state index contributed by atoms with van der Waals surface area (Å²) in [4.78, 5) is 40.5. The number of imide groups is 1. The van der Waals surface area contributed by atoms with E-state index < -0.39 is 30.2 Å². The van der Waals surface area contributed by atoms with Gasteiger partial charge in [0.05, 0.1) is 5.69 Å². The van der Waals surface area contributed by atoms with Crippen LogP contribution in [0.4, 0.5) is 20.6 Å². The van der Waals surface area contributed by atoms with Gasteiger partial charge in [0.25, 0.3) is 5.91 Å². The van der Waals surface area contributed by atoms with Crippen LogP contribution in [0.25, 0.3) is 6.08 Å². The van der Waals surface area contributed by atoms with Crippen molar-refractivity contribution in [1.29, 1.82) is 0 Å². The molecule has 0 aromatic heterocycles. The molecule has 2 aromatic carbocycles. The van der Waals surface area contributed by atoms with Gasteiger partial charge in [0, 0.05) is 18.3 Å². The van der Waals surface area contributed by atoms with Crippen molar-refractivity contribution in [2.75, 3.05) is 23.8 Å². The molecule has 172 valence electrons. The predicted octanol–water partition coefficient (Wildman–Crippen LogP) is 4.08. The molecule has 7 nitrogen and oxygen atoms in total. The number of carbonyl (C=O) groups excluding carboxylic acids is 3. The number of halogens is 1. The summed E-state index contributed by atoms with van der Waals surface area (Å²) < 4.78 is 13.7. The molecule has 2 N–H and O–H groups in total. The Kier molecular flexibility index (Phi) is 5.69. The van der Waals surface area contributed by atoms with E-state index in [9.17, 15) is 18.8 Å². The summed E-state index contributed by atoms with van der Waals surface area (Å²) in [5, 5.41) is 4.91. The number of hydrogen-bond acceptors (Lipinski definition) is 4. The molecule has 2 heterocycles. The van der Waals surface area contributed by atoms with E-state index >= 15 is 0 Å². The van der Waals surface area contributed by atoms with Crippen molar-refractivity contribution in [3.8, 4) is 0 Å². The Morgan fingerprint density at radius 1 is 1.24 bits per heavy atom. The molecule has 2 aliphatic rings. The minimum absolute atomic E-state index is 0.0124. The maximum absolute atomic E-state index is 13.7. The molecule has 2 aliphatic heterocycles. The van der Waals surface area contributed by atoms with Gasteiger partial charge in [-0.25, -0.2) is 14.1 Å². The van der Waals surface area contributed by atoms with Crippen LogP contribution in [0.15, 0.2) is 48.2 Å². The Hall–Kier alpha value is -3.68. The number of benzene rings is 2. The second-order valence-electron chi connectivity index (χ2n) is 9.20. The Labute approximate surface area is 192 Å². The molecule has 0 aliphatic carbocycles. The van der Waals surface area contributed by atoms with Gasteiger partial charge in [-0.1, -0.05) is 25.1 Å². The third-order valence-electron chi connectivity index (χ3n) is 6.38. The summed E-state index contributed by atoms with van der Waals surface area (Å²) in [5.41, 5.74) is 3.25. The highest BCUT2D eigenvalue weighted by Crippen LogP contribution is 2.42. The van der Waals surface area contributed by atoms with Crippen molar-refractivity contribution in [3.63, 3.8) is 0 Å². The molecule has 0 saturated carbocycles. The molecule has 1 unspecified atom stereocenters. The van der Waals surface area contributed by atoms with E-state index in [0.29, 0.717) is 5.92 Å². The van der Waals surface area contributed by atoms with E-state index in [1.807, 2.05) is 18.2 Å². The lowest BCUT2D eigenvalue weighted by Crippen LogP contribution is -2.45. The van der Waals surface area contributed by atoms with Crippen LogP contribution in [0.5, 0.6) is 0 Å². The van der Waals surface area contributed by atoms with Gasteiger partial charge in [-0.2, -0.15) is 0 Å². The largest absolute Gasteiger partial charge is 0.369 e. The zero-order valence-electron chi connectivity index (χ0n) is 19.1. The van der Waals surface area contributed by atoms with E-state index in [-0.39, 0.29) is 16.9 Å². The number of urea groups is 1. The molecule has 0 radical (unpaired) electrons. The van der Waals surface area contributed by atoms with Crippen molar-refractivity contribution in [2.45, 2.75) is 38.6 Å². The highest BCUT2D eigenvalue weighted by Gasteiger charge is 2.36. The Morgan fingerprint density at radius 3 is 2.70 bits per heavy atom. The van der Waals surface area contributed by atoms with Crippen LogP contribution in [0.1, 0.15) is 44.2 Å². The predicted molar refractivity (Wildman–Crippen MR) is 125 cm³/mol. The van der Waals surface area contributed by atoms with E-state index in [4.69, 9.17) is 0 Å². The zero-order chi connectivity index (χ0) is 23.9. The van der Waals surface area contributed by atoms with Crippen LogP contribution < -0.4 is 15.5 Å². The van der Waals surface area contributed by atoms with Crippen LogP contribution >= 0.6 is 0 Å². The fraction of sp³-hybridized carbons (Fsp3) is 0.320. The molecule has 1 atom stereocenters. The lowest BCUT2D eigenvalue weighted by atomic mass is 9.80. The number of nitrogens with zero attached hydrogens (tertiary/aromatic N) is 2. The molecular weight excluding hydrogens is 423 g/mol. The summed E-state index contributed by atoms with van der Waals surface area (Å²) in [6, 6.07) is 11.0. The average Bonchev–Trinajstić information content (AvgIpc) is 3.01. The van der Waals surface area contributed by atoms with Gasteiger partial charge in [0.2, 0.25) is 5.91 Å². The SMILES string of the molecule is CC1CC(C)(C)N(C)c2ccc(/C=C3/NC(=O)N(CC(=O)Nc4ccccc4F)C3=O)cc21. The molecule has 4 amide bonds. The highest BCUT2D eigenvalue weighted by molar-refractivity contribution is 6.16. The fourth-order valence-corrected chi connectivity index (χ4v) is 4.46. The standard InChI is InChI=1S/C25H27FN4O3/c1-15-13-25(2,3)29(4)21-10-9-16(11-17(15)21)12-20-23(32)30(24(33)28-20)14-22(31)27-19-8-6-5-7-18(19)26/h5-12,15H,13-14H2,1-4H3,(H,27,31)(H,28,33)/b20-12+. The van der Waals surface area contributed by atoms with Crippen molar-refractivity contribution < 1.29 is 18.8 Å². The molecule has 8 heteroatoms. The molecule has 1 fully saturated rings. The van der Waals surface area contributed by atoms with Gasteiger partial charge >= 0.3 is 6.03 Å². The number of fused-ring (bicyclic) bond motifs is 1. The molecular formula is C25H27FN4O3. The first-order chi connectivity index (χ1) is 15.6. The maximum atomic E-state index is 13.7. The quantitative estimate of drug-likeness (QED) is 0.543. The topological polar surface area (TPSA) is 81.8 Å². The van der Waals surface area contributed by atoms with Gasteiger partial charge in [0.1, 0.15) is 18.1 Å². The van der Waals surface area contributed by atoms with Gasteiger partial charge in [0.15, 0.2) is 0 Å². The second-order valence-corrected chi connectivity index (χ2v) is 9.20. The monoisotopic (exact) mass is 450 g/mol. The molecule has 2 aromatic rings. The van der Waals surface area contributed by atoms with Crippen molar-refractivity contribution in [1.82, 2.24) is 10.2 Å². The minimum Gasteiger partial charge on any atom is -0.369 e.